The average molecular weight is 401 g/mol. The number of hydrogen-bond donors (Lipinski definition) is 0. The van der Waals surface area contributed by atoms with Crippen molar-refractivity contribution in [3.05, 3.63) is 70.9 Å². The summed E-state index contributed by atoms with van der Waals surface area (Å²) in [6.07, 6.45) is 7.49. The fourth-order valence-electron chi connectivity index (χ4n) is 4.19. The summed E-state index contributed by atoms with van der Waals surface area (Å²) < 4.78 is 24.6. The molecule has 2 aromatic carbocycles. The minimum Gasteiger partial charge on any atom is -0.485 e. The molecule has 7 heteroatoms. The van der Waals surface area contributed by atoms with Gasteiger partial charge in [0, 0.05) is 18.5 Å². The van der Waals surface area contributed by atoms with Crippen LogP contribution in [0.15, 0.2) is 42.9 Å². The van der Waals surface area contributed by atoms with Gasteiger partial charge in [-0.3, -0.25) is 4.68 Å². The van der Waals surface area contributed by atoms with E-state index in [1.54, 1.807) is 16.9 Å². The van der Waals surface area contributed by atoms with Crippen LogP contribution in [0.1, 0.15) is 41.2 Å². The molecule has 2 heterocycles. The highest BCUT2D eigenvalue weighted by Gasteiger charge is 2.26. The van der Waals surface area contributed by atoms with Crippen LogP contribution in [0.3, 0.4) is 0 Å². The van der Waals surface area contributed by atoms with Crippen molar-refractivity contribution in [1.82, 2.24) is 19.6 Å². The lowest BCUT2D eigenvalue weighted by molar-refractivity contribution is 0.181. The van der Waals surface area contributed by atoms with E-state index in [0.29, 0.717) is 12.0 Å². The molecule has 0 bridgehead atoms. The van der Waals surface area contributed by atoms with Gasteiger partial charge in [0.15, 0.2) is 0 Å². The maximum absolute atomic E-state index is 14.7. The lowest BCUT2D eigenvalue weighted by Crippen LogP contribution is -2.17. The second-order valence-electron chi connectivity index (χ2n) is 7.71. The van der Waals surface area contributed by atoms with Gasteiger partial charge < -0.3 is 4.74 Å². The van der Waals surface area contributed by atoms with Gasteiger partial charge in [0.05, 0.1) is 29.7 Å². The van der Waals surface area contributed by atoms with E-state index >= 15 is 0 Å². The highest BCUT2D eigenvalue weighted by atomic mass is 19.1. The van der Waals surface area contributed by atoms with Gasteiger partial charge >= 0.3 is 0 Å². The van der Waals surface area contributed by atoms with Gasteiger partial charge in [-0.1, -0.05) is 6.07 Å². The van der Waals surface area contributed by atoms with Gasteiger partial charge in [0.2, 0.25) is 0 Å². The number of aryl methyl sites for hydroxylation is 2. The van der Waals surface area contributed by atoms with Crippen LogP contribution in [0.2, 0.25) is 0 Å². The van der Waals surface area contributed by atoms with Gasteiger partial charge in [-0.05, 0) is 55.0 Å². The van der Waals surface area contributed by atoms with Gasteiger partial charge in [0.1, 0.15) is 29.4 Å². The van der Waals surface area contributed by atoms with Crippen molar-refractivity contribution >= 4 is 10.9 Å². The summed E-state index contributed by atoms with van der Waals surface area (Å²) in [7, 11) is 1.87. The van der Waals surface area contributed by atoms with Crippen LogP contribution in [0.5, 0.6) is 5.75 Å². The van der Waals surface area contributed by atoms with Gasteiger partial charge in [-0.25, -0.2) is 9.07 Å². The maximum Gasteiger partial charge on any atom is 0.144 e. The highest BCUT2D eigenvalue weighted by molar-refractivity contribution is 5.83. The van der Waals surface area contributed by atoms with Crippen molar-refractivity contribution in [2.24, 2.45) is 7.05 Å². The summed E-state index contributed by atoms with van der Waals surface area (Å²) >= 11 is 0. The molecule has 30 heavy (non-hydrogen) atoms. The molecule has 5 rings (SSSR count). The van der Waals surface area contributed by atoms with Crippen LogP contribution in [-0.4, -0.2) is 19.6 Å². The van der Waals surface area contributed by atoms with Gasteiger partial charge in [-0.15, -0.1) is 0 Å². The zero-order valence-electron chi connectivity index (χ0n) is 16.8. The summed E-state index contributed by atoms with van der Waals surface area (Å²) in [6.45, 7) is 2.00. The van der Waals surface area contributed by atoms with E-state index < -0.39 is 5.82 Å². The molecular formula is C23H20FN5O. The maximum atomic E-state index is 14.7. The number of halogens is 1. The summed E-state index contributed by atoms with van der Waals surface area (Å²) in [5.41, 5.74) is 4.31. The molecule has 0 unspecified atom stereocenters. The summed E-state index contributed by atoms with van der Waals surface area (Å²) in [5, 5.41) is 18.9. The van der Waals surface area contributed by atoms with Gasteiger partial charge in [-0.2, -0.15) is 15.5 Å². The first-order chi connectivity index (χ1) is 14.5. The van der Waals surface area contributed by atoms with Crippen LogP contribution >= 0.6 is 0 Å². The first-order valence-electron chi connectivity index (χ1n) is 9.90. The van der Waals surface area contributed by atoms with Crippen LogP contribution in [-0.2, 0) is 13.5 Å². The molecule has 1 atom stereocenters. The molecule has 6 nitrogen and oxygen atoms in total. The van der Waals surface area contributed by atoms with E-state index in [4.69, 9.17) is 10.00 Å². The highest BCUT2D eigenvalue weighted by Crippen LogP contribution is 2.37. The third-order valence-corrected chi connectivity index (χ3v) is 5.71. The molecule has 150 valence electrons. The quantitative estimate of drug-likeness (QED) is 0.506. The number of rotatable bonds is 3. The van der Waals surface area contributed by atoms with Crippen molar-refractivity contribution in [2.75, 3.05) is 0 Å². The summed E-state index contributed by atoms with van der Waals surface area (Å²) in [5.74, 6) is 0.334. The molecule has 0 N–H and O–H groups in total. The number of nitrogens with zero attached hydrogens (tertiary/aromatic N) is 5. The minimum atomic E-state index is -0.412. The van der Waals surface area contributed by atoms with E-state index in [1.807, 2.05) is 55.3 Å². The molecule has 0 spiro atoms. The average Bonchev–Trinajstić information content (AvgIpc) is 3.34. The molecule has 0 saturated carbocycles. The first kappa shape index (κ1) is 18.4. The van der Waals surface area contributed by atoms with Crippen molar-refractivity contribution in [3.63, 3.8) is 0 Å². The van der Waals surface area contributed by atoms with Crippen molar-refractivity contribution in [2.45, 2.75) is 32.3 Å². The fraction of sp³-hybridized carbons (Fsp3) is 0.261. The molecule has 0 saturated heterocycles. The second kappa shape index (κ2) is 6.99. The third-order valence-electron chi connectivity index (χ3n) is 5.71. The molecule has 2 aromatic heterocycles. The fourth-order valence-corrected chi connectivity index (χ4v) is 4.19. The largest absolute Gasteiger partial charge is 0.485 e. The SMILES string of the molecule is Cc1cc2cnn(-c3cnn(C)c3)c2cc1O[C@H]1CCCc2c1ccc(C#N)c2F. The minimum absolute atomic E-state index is 0.0902. The lowest BCUT2D eigenvalue weighted by Gasteiger charge is -2.27. The predicted octanol–water partition coefficient (Wildman–Crippen LogP) is 4.53. The Balaban J connectivity index is 1.55. The Morgan fingerprint density at radius 2 is 2.10 bits per heavy atom. The molecule has 0 aliphatic heterocycles. The number of benzene rings is 2. The van der Waals surface area contributed by atoms with Crippen molar-refractivity contribution < 1.29 is 9.13 Å². The number of hydrogen-bond acceptors (Lipinski definition) is 4. The van der Waals surface area contributed by atoms with E-state index in [2.05, 4.69) is 10.2 Å². The first-order valence-corrected chi connectivity index (χ1v) is 9.90. The van der Waals surface area contributed by atoms with E-state index in [0.717, 1.165) is 46.3 Å². The molecule has 0 amide bonds. The van der Waals surface area contributed by atoms with E-state index in [-0.39, 0.29) is 11.7 Å². The van der Waals surface area contributed by atoms with Crippen LogP contribution in [0.4, 0.5) is 4.39 Å². The lowest BCUT2D eigenvalue weighted by atomic mass is 9.87. The Morgan fingerprint density at radius 3 is 2.87 bits per heavy atom. The molecule has 0 fully saturated rings. The Hall–Kier alpha value is -3.66. The monoisotopic (exact) mass is 401 g/mol. The number of ether oxygens (including phenoxy) is 1. The van der Waals surface area contributed by atoms with Gasteiger partial charge in [0.25, 0.3) is 0 Å². The number of fused-ring (bicyclic) bond motifs is 2. The Kier molecular flexibility index (Phi) is 4.28. The topological polar surface area (TPSA) is 68.7 Å². The standard InChI is InChI=1S/C23H20FN5O/c1-14-8-16-11-27-29(17-12-26-28(2)13-17)20(16)9-22(14)30-21-5-3-4-19-18(21)7-6-15(10-25)23(19)24/h6-9,11-13,21H,3-5H2,1-2H3/t21-/m0/s1. The van der Waals surface area contributed by atoms with E-state index in [1.165, 1.54) is 0 Å². The molecular weight excluding hydrogens is 381 g/mol. The Bertz CT molecular complexity index is 1310. The third kappa shape index (κ3) is 2.92. The summed E-state index contributed by atoms with van der Waals surface area (Å²) in [4.78, 5) is 0. The number of nitriles is 1. The normalized spacial score (nSPS) is 15.7. The molecule has 1 aliphatic carbocycles. The smallest absolute Gasteiger partial charge is 0.144 e. The van der Waals surface area contributed by atoms with Crippen LogP contribution in [0.25, 0.3) is 16.6 Å². The van der Waals surface area contributed by atoms with E-state index in [9.17, 15) is 4.39 Å². The number of aromatic nitrogens is 4. The molecule has 0 radical (unpaired) electrons. The Morgan fingerprint density at radius 1 is 1.23 bits per heavy atom. The van der Waals surface area contributed by atoms with Crippen LogP contribution < -0.4 is 4.74 Å². The second-order valence-corrected chi connectivity index (χ2v) is 7.71. The zero-order valence-corrected chi connectivity index (χ0v) is 16.8. The van der Waals surface area contributed by atoms with Crippen molar-refractivity contribution in [3.8, 4) is 17.5 Å². The predicted molar refractivity (Wildman–Crippen MR) is 110 cm³/mol. The Labute approximate surface area is 173 Å². The molecule has 4 aromatic rings. The molecule has 1 aliphatic rings. The summed E-state index contributed by atoms with van der Waals surface area (Å²) in [6, 6.07) is 9.33. The van der Waals surface area contributed by atoms with Crippen molar-refractivity contribution in [1.29, 1.82) is 5.26 Å². The van der Waals surface area contributed by atoms with Crippen LogP contribution in [0, 0.1) is 24.1 Å². The zero-order chi connectivity index (χ0) is 20.8.